The van der Waals surface area contributed by atoms with E-state index >= 15 is 0 Å². The Hall–Kier alpha value is -1.43. The topological polar surface area (TPSA) is 56.5 Å². The van der Waals surface area contributed by atoms with Crippen LogP contribution in [0.5, 0.6) is 0 Å². The summed E-state index contributed by atoms with van der Waals surface area (Å²) in [5.41, 5.74) is 1.79. The van der Waals surface area contributed by atoms with E-state index in [9.17, 15) is 4.79 Å². The number of carbonyl (C=O) groups is 1. The Morgan fingerprint density at radius 2 is 2.31 bits per heavy atom. The molecule has 5 nitrogen and oxygen atoms in total. The van der Waals surface area contributed by atoms with E-state index in [2.05, 4.69) is 25.9 Å². The van der Waals surface area contributed by atoms with Crippen molar-refractivity contribution in [3.05, 3.63) is 28.4 Å². The lowest BCUT2D eigenvalue weighted by atomic mass is 10.5. The van der Waals surface area contributed by atoms with Crippen LogP contribution in [0, 0.1) is 6.92 Å². The molecule has 0 atom stereocenters. The van der Waals surface area contributed by atoms with Crippen molar-refractivity contribution >= 4 is 27.5 Å². The van der Waals surface area contributed by atoms with Gasteiger partial charge in [0.25, 0.3) is 0 Å². The highest BCUT2D eigenvalue weighted by atomic mass is 79.9. The number of nitrogens with zero attached hydrogens (tertiary/aromatic N) is 3. The summed E-state index contributed by atoms with van der Waals surface area (Å²) in [6, 6.07) is 0. The van der Waals surface area contributed by atoms with Crippen molar-refractivity contribution in [2.75, 3.05) is 6.61 Å². The first-order valence-corrected chi connectivity index (χ1v) is 5.60. The van der Waals surface area contributed by atoms with E-state index in [1.165, 1.54) is 0 Å². The summed E-state index contributed by atoms with van der Waals surface area (Å²) in [5.74, 6) is -0.433. The molecule has 84 valence electrons. The van der Waals surface area contributed by atoms with E-state index in [4.69, 9.17) is 4.74 Å². The van der Waals surface area contributed by atoms with Gasteiger partial charge in [0, 0.05) is 11.9 Å². The van der Waals surface area contributed by atoms with Crippen LogP contribution in [-0.2, 0) is 4.74 Å². The van der Waals surface area contributed by atoms with Crippen LogP contribution in [0.15, 0.2) is 17.0 Å². The number of esters is 1. The molecule has 2 heterocycles. The zero-order valence-corrected chi connectivity index (χ0v) is 10.5. The molecule has 0 radical (unpaired) electrons. The number of halogens is 1. The lowest BCUT2D eigenvalue weighted by molar-refractivity contribution is 0.0519. The van der Waals surface area contributed by atoms with Crippen LogP contribution < -0.4 is 0 Å². The molecule has 0 N–H and O–H groups in total. The first kappa shape index (κ1) is 11.1. The van der Waals surface area contributed by atoms with E-state index in [1.54, 1.807) is 23.7 Å². The van der Waals surface area contributed by atoms with Crippen molar-refractivity contribution in [2.24, 2.45) is 0 Å². The van der Waals surface area contributed by atoms with Crippen LogP contribution in [0.2, 0.25) is 0 Å². The number of aryl methyl sites for hydroxylation is 1. The minimum Gasteiger partial charge on any atom is -0.461 e. The van der Waals surface area contributed by atoms with Gasteiger partial charge in [0.2, 0.25) is 0 Å². The number of imidazole rings is 1. The number of rotatable bonds is 2. The summed E-state index contributed by atoms with van der Waals surface area (Å²) in [7, 11) is 0. The first-order chi connectivity index (χ1) is 7.65. The lowest BCUT2D eigenvalue weighted by Crippen LogP contribution is -2.05. The average molecular weight is 284 g/mol. The summed E-state index contributed by atoms with van der Waals surface area (Å²) < 4.78 is 7.32. The summed E-state index contributed by atoms with van der Waals surface area (Å²) in [6.07, 6.45) is 3.30. The quantitative estimate of drug-likeness (QED) is 0.791. The zero-order chi connectivity index (χ0) is 11.7. The molecule has 2 aromatic heterocycles. The first-order valence-electron chi connectivity index (χ1n) is 4.80. The van der Waals surface area contributed by atoms with E-state index in [-0.39, 0.29) is 5.69 Å². The number of ether oxygens (including phenoxy) is 1. The summed E-state index contributed by atoms with van der Waals surface area (Å²) in [4.78, 5) is 19.8. The number of fused-ring (bicyclic) bond motifs is 1. The van der Waals surface area contributed by atoms with E-state index < -0.39 is 5.97 Å². The van der Waals surface area contributed by atoms with Crippen LogP contribution in [-0.4, -0.2) is 26.9 Å². The highest BCUT2D eigenvalue weighted by molar-refractivity contribution is 9.10. The van der Waals surface area contributed by atoms with Crippen molar-refractivity contribution in [1.82, 2.24) is 14.4 Å². The second-order valence-corrected chi connectivity index (χ2v) is 3.97. The number of hydrogen-bond acceptors (Lipinski definition) is 4. The fraction of sp³-hybridized carbons (Fsp3) is 0.300. The third kappa shape index (κ3) is 1.69. The highest BCUT2D eigenvalue weighted by Crippen LogP contribution is 2.20. The molecule has 0 aliphatic carbocycles. The summed E-state index contributed by atoms with van der Waals surface area (Å²) in [6.45, 7) is 3.98. The summed E-state index contributed by atoms with van der Waals surface area (Å²) in [5, 5.41) is 0. The van der Waals surface area contributed by atoms with Gasteiger partial charge in [0.05, 0.1) is 12.8 Å². The molecule has 0 bridgehead atoms. The Balaban J connectivity index is 2.61. The Labute approximate surface area is 101 Å². The number of carbonyl (C=O) groups excluding carboxylic acids is 1. The number of aromatic nitrogens is 3. The minimum atomic E-state index is -0.433. The number of hydrogen-bond donors (Lipinski definition) is 0. The standard InChI is InChI=1S/C10H10BrN3O2/c1-3-16-10(15)8-9(11)14-6(2)4-12-5-7(14)13-8/h4-5H,3H2,1-2H3. The van der Waals surface area contributed by atoms with Gasteiger partial charge in [-0.2, -0.15) is 0 Å². The molecule has 0 aliphatic heterocycles. The van der Waals surface area contributed by atoms with Gasteiger partial charge in [0.15, 0.2) is 11.3 Å². The normalized spacial score (nSPS) is 10.7. The van der Waals surface area contributed by atoms with Crippen LogP contribution in [0.25, 0.3) is 5.65 Å². The molecule has 0 amide bonds. The van der Waals surface area contributed by atoms with Crippen molar-refractivity contribution in [3.63, 3.8) is 0 Å². The van der Waals surface area contributed by atoms with Crippen LogP contribution in [0.4, 0.5) is 0 Å². The third-order valence-electron chi connectivity index (χ3n) is 2.12. The SMILES string of the molecule is CCOC(=O)c1nc2cncc(C)n2c1Br. The maximum Gasteiger partial charge on any atom is 0.359 e. The van der Waals surface area contributed by atoms with Gasteiger partial charge in [-0.15, -0.1) is 0 Å². The molecule has 16 heavy (non-hydrogen) atoms. The van der Waals surface area contributed by atoms with Crippen LogP contribution in [0.1, 0.15) is 23.1 Å². The predicted molar refractivity (Wildman–Crippen MR) is 61.4 cm³/mol. The summed E-state index contributed by atoms with van der Waals surface area (Å²) >= 11 is 3.35. The third-order valence-corrected chi connectivity index (χ3v) is 2.85. The lowest BCUT2D eigenvalue weighted by Gasteiger charge is -2.00. The second kappa shape index (κ2) is 4.21. The van der Waals surface area contributed by atoms with E-state index in [1.807, 2.05) is 6.92 Å². The molecule has 6 heteroatoms. The van der Waals surface area contributed by atoms with Crippen LogP contribution in [0.3, 0.4) is 0 Å². The molecule has 0 aliphatic rings. The van der Waals surface area contributed by atoms with Gasteiger partial charge < -0.3 is 4.74 Å². The molecule has 0 fully saturated rings. The van der Waals surface area contributed by atoms with E-state index in [0.29, 0.717) is 16.9 Å². The van der Waals surface area contributed by atoms with Gasteiger partial charge >= 0.3 is 5.97 Å². The van der Waals surface area contributed by atoms with Crippen molar-refractivity contribution in [3.8, 4) is 0 Å². The van der Waals surface area contributed by atoms with Gasteiger partial charge in [-0.1, -0.05) is 0 Å². The molecule has 0 saturated carbocycles. The maximum absolute atomic E-state index is 11.6. The van der Waals surface area contributed by atoms with Gasteiger partial charge in [0.1, 0.15) is 4.60 Å². The Kier molecular flexibility index (Phi) is 2.91. The van der Waals surface area contributed by atoms with E-state index in [0.717, 1.165) is 5.69 Å². The molecular formula is C10H10BrN3O2. The molecule has 2 rings (SSSR count). The largest absolute Gasteiger partial charge is 0.461 e. The molecule has 0 saturated heterocycles. The smallest absolute Gasteiger partial charge is 0.359 e. The van der Waals surface area contributed by atoms with Crippen molar-refractivity contribution in [2.45, 2.75) is 13.8 Å². The average Bonchev–Trinajstić information content (AvgIpc) is 2.58. The Morgan fingerprint density at radius 1 is 1.56 bits per heavy atom. The molecule has 0 aromatic carbocycles. The molecule has 0 spiro atoms. The van der Waals surface area contributed by atoms with Crippen molar-refractivity contribution in [1.29, 1.82) is 0 Å². The maximum atomic E-state index is 11.6. The Morgan fingerprint density at radius 3 is 2.94 bits per heavy atom. The monoisotopic (exact) mass is 283 g/mol. The van der Waals surface area contributed by atoms with Gasteiger partial charge in [-0.05, 0) is 29.8 Å². The zero-order valence-electron chi connectivity index (χ0n) is 8.90. The van der Waals surface area contributed by atoms with Gasteiger partial charge in [-0.25, -0.2) is 9.78 Å². The van der Waals surface area contributed by atoms with Crippen molar-refractivity contribution < 1.29 is 9.53 Å². The molecule has 2 aromatic rings. The van der Waals surface area contributed by atoms with Crippen LogP contribution >= 0.6 is 15.9 Å². The Bertz CT molecular complexity index is 550. The fourth-order valence-electron chi connectivity index (χ4n) is 1.44. The predicted octanol–water partition coefficient (Wildman–Crippen LogP) is 1.98. The second-order valence-electron chi connectivity index (χ2n) is 3.21. The molecule has 0 unspecified atom stereocenters. The minimum absolute atomic E-state index is 0.276. The fourth-order valence-corrected chi connectivity index (χ4v) is 2.15. The molecular weight excluding hydrogens is 274 g/mol. The highest BCUT2D eigenvalue weighted by Gasteiger charge is 2.18. The van der Waals surface area contributed by atoms with Gasteiger partial charge in [-0.3, -0.25) is 9.38 Å².